The molecule has 6 rings (SSSR count). The number of nitrogens with zero attached hydrogens (tertiary/aromatic N) is 5. The first-order valence-electron chi connectivity index (χ1n) is 18.0. The number of anilines is 1. The van der Waals surface area contributed by atoms with E-state index in [4.69, 9.17) is 0 Å². The Balaban J connectivity index is 1.22. The Labute approximate surface area is 313 Å². The number of nitrogens with one attached hydrogen (secondary N) is 5. The summed E-state index contributed by atoms with van der Waals surface area (Å²) in [6.45, 7) is 2.49. The number of aromatic nitrogens is 4. The maximum absolute atomic E-state index is 13.6. The van der Waals surface area contributed by atoms with Crippen LogP contribution in [0.4, 0.5) is 10.6 Å². The number of carbonyl (C=O) groups is 3. The molecule has 4 amide bonds. The van der Waals surface area contributed by atoms with Crippen LogP contribution in [0.1, 0.15) is 66.4 Å². The van der Waals surface area contributed by atoms with E-state index < -0.39 is 52.3 Å². The lowest BCUT2D eigenvalue weighted by atomic mass is 9.99. The molecule has 0 bridgehead atoms. The van der Waals surface area contributed by atoms with Crippen LogP contribution in [0.2, 0.25) is 0 Å². The highest BCUT2D eigenvalue weighted by Crippen LogP contribution is 2.35. The Morgan fingerprint density at radius 1 is 0.889 bits per heavy atom. The third-order valence-electron chi connectivity index (χ3n) is 9.80. The fourth-order valence-electron chi connectivity index (χ4n) is 6.88. The van der Waals surface area contributed by atoms with Gasteiger partial charge in [-0.2, -0.15) is 0 Å². The van der Waals surface area contributed by atoms with Crippen molar-refractivity contribution in [3.05, 3.63) is 83.9 Å². The number of urea groups is 1. The van der Waals surface area contributed by atoms with Gasteiger partial charge in [0.15, 0.2) is 17.0 Å². The van der Waals surface area contributed by atoms with Gasteiger partial charge in [-0.15, -0.1) is 0 Å². The van der Waals surface area contributed by atoms with Crippen molar-refractivity contribution >= 4 is 44.9 Å². The molecular formula is C36H46N10O7S. The van der Waals surface area contributed by atoms with Gasteiger partial charge in [-0.05, 0) is 30.4 Å². The minimum Gasteiger partial charge on any atom is -0.388 e. The molecule has 2 aromatic heterocycles. The summed E-state index contributed by atoms with van der Waals surface area (Å²) in [6.07, 6.45) is 1.53. The predicted molar refractivity (Wildman–Crippen MR) is 200 cm³/mol. The number of aliphatic hydroxyl groups excluding tert-OH is 2. The lowest BCUT2D eigenvalue weighted by Crippen LogP contribution is -2.49. The standard InChI is InChI=1S/C36H46N10O7S/c1-3-27(47)41-25-20-26(31(49)30(25)48)46-21-39-29-32(42-28(22-10-6-4-7-11-22)23-12-8-5-9-13-23)43-33(44-34(29)46)35(50)37-16-17-38-36(51)40-24-14-18-45(19-15-24)54(2,52)53/h4-13,21,24-26,28,30-31,48-49H,3,14-20H2,1-2H3,(H,37,50)(H,41,47)(H2,38,40,51)(H,42,43,44)/t25-,26+,30+,31-/m0/s1. The Morgan fingerprint density at radius 2 is 1.52 bits per heavy atom. The second kappa shape index (κ2) is 16.9. The van der Waals surface area contributed by atoms with E-state index in [1.54, 1.807) is 11.5 Å². The highest BCUT2D eigenvalue weighted by Gasteiger charge is 2.44. The molecule has 0 unspecified atom stereocenters. The van der Waals surface area contributed by atoms with E-state index in [9.17, 15) is 33.0 Å². The largest absolute Gasteiger partial charge is 0.388 e. The maximum atomic E-state index is 13.6. The number of imidazole rings is 1. The third-order valence-corrected chi connectivity index (χ3v) is 11.1. The predicted octanol–water partition coefficient (Wildman–Crippen LogP) is 1.04. The van der Waals surface area contributed by atoms with Gasteiger partial charge in [-0.1, -0.05) is 67.6 Å². The molecule has 17 nitrogen and oxygen atoms in total. The number of sulfonamides is 1. The van der Waals surface area contributed by atoms with E-state index in [0.717, 1.165) is 11.1 Å². The van der Waals surface area contributed by atoms with Gasteiger partial charge in [-0.3, -0.25) is 9.59 Å². The van der Waals surface area contributed by atoms with E-state index in [1.165, 1.54) is 16.9 Å². The highest BCUT2D eigenvalue weighted by atomic mass is 32.2. The van der Waals surface area contributed by atoms with Gasteiger partial charge in [0.2, 0.25) is 21.8 Å². The van der Waals surface area contributed by atoms with Crippen LogP contribution < -0.4 is 26.6 Å². The van der Waals surface area contributed by atoms with Crippen molar-refractivity contribution in [2.45, 2.75) is 69.0 Å². The Hall–Kier alpha value is -5.17. The van der Waals surface area contributed by atoms with Crippen LogP contribution in [-0.4, -0.2) is 117 Å². The Bertz CT molecular complexity index is 2000. The average molecular weight is 763 g/mol. The van der Waals surface area contributed by atoms with Crippen molar-refractivity contribution in [1.29, 1.82) is 0 Å². The topological polar surface area (TPSA) is 233 Å². The molecule has 1 saturated heterocycles. The van der Waals surface area contributed by atoms with E-state index in [1.807, 2.05) is 60.7 Å². The molecule has 54 heavy (non-hydrogen) atoms. The molecular weight excluding hydrogens is 717 g/mol. The van der Waals surface area contributed by atoms with Crippen LogP contribution in [0.15, 0.2) is 67.0 Å². The first kappa shape index (κ1) is 38.6. The van der Waals surface area contributed by atoms with Crippen LogP contribution in [0.3, 0.4) is 0 Å². The molecule has 18 heteroatoms. The summed E-state index contributed by atoms with van der Waals surface area (Å²) < 4.78 is 26.5. The minimum atomic E-state index is -3.28. The van der Waals surface area contributed by atoms with Crippen molar-refractivity contribution in [1.82, 2.24) is 45.1 Å². The first-order valence-corrected chi connectivity index (χ1v) is 19.8. The summed E-state index contributed by atoms with van der Waals surface area (Å²) in [5, 5.41) is 36.5. The van der Waals surface area contributed by atoms with E-state index in [0.29, 0.717) is 31.4 Å². The zero-order valence-electron chi connectivity index (χ0n) is 30.1. The Kier molecular flexibility index (Phi) is 12.1. The van der Waals surface area contributed by atoms with Gasteiger partial charge in [0.05, 0.1) is 30.7 Å². The number of aliphatic hydroxyl groups is 2. The third kappa shape index (κ3) is 8.95. The lowest BCUT2D eigenvalue weighted by molar-refractivity contribution is -0.122. The van der Waals surface area contributed by atoms with Crippen molar-refractivity contribution in [2.24, 2.45) is 0 Å². The van der Waals surface area contributed by atoms with Crippen molar-refractivity contribution in [2.75, 3.05) is 37.8 Å². The molecule has 7 N–H and O–H groups in total. The number of hydrogen-bond donors (Lipinski definition) is 7. The lowest BCUT2D eigenvalue weighted by Gasteiger charge is -2.30. The fourth-order valence-corrected chi connectivity index (χ4v) is 7.76. The normalized spacial score (nSPS) is 20.8. The number of hydrogen-bond acceptors (Lipinski definition) is 11. The van der Waals surface area contributed by atoms with Crippen molar-refractivity contribution in [3.8, 4) is 0 Å². The van der Waals surface area contributed by atoms with Gasteiger partial charge in [0, 0.05) is 38.6 Å². The van der Waals surface area contributed by atoms with Gasteiger partial charge in [0.25, 0.3) is 5.91 Å². The number of fused-ring (bicyclic) bond motifs is 1. The maximum Gasteiger partial charge on any atom is 0.315 e. The van der Waals surface area contributed by atoms with Gasteiger partial charge >= 0.3 is 6.03 Å². The molecule has 3 heterocycles. The second-order valence-corrected chi connectivity index (χ2v) is 15.5. The molecule has 4 aromatic rings. The molecule has 288 valence electrons. The van der Waals surface area contributed by atoms with E-state index in [2.05, 4.69) is 41.5 Å². The first-order chi connectivity index (χ1) is 25.9. The minimum absolute atomic E-state index is 0.0468. The van der Waals surface area contributed by atoms with Crippen molar-refractivity contribution in [3.63, 3.8) is 0 Å². The van der Waals surface area contributed by atoms with Crippen LogP contribution in [0, 0.1) is 0 Å². The van der Waals surface area contributed by atoms with E-state index in [-0.39, 0.29) is 55.2 Å². The summed E-state index contributed by atoms with van der Waals surface area (Å²) in [5.41, 5.74) is 2.41. The monoisotopic (exact) mass is 762 g/mol. The van der Waals surface area contributed by atoms with Gasteiger partial charge < -0.3 is 41.4 Å². The molecule has 1 aliphatic heterocycles. The smallest absolute Gasteiger partial charge is 0.315 e. The number of piperidine rings is 1. The van der Waals surface area contributed by atoms with Crippen LogP contribution >= 0.6 is 0 Å². The summed E-state index contributed by atoms with van der Waals surface area (Å²) >= 11 is 0. The number of amides is 4. The molecule has 0 spiro atoms. The summed E-state index contributed by atoms with van der Waals surface area (Å²) in [4.78, 5) is 52.1. The Morgan fingerprint density at radius 3 is 2.13 bits per heavy atom. The van der Waals surface area contributed by atoms with Crippen molar-refractivity contribution < 1.29 is 33.0 Å². The van der Waals surface area contributed by atoms with Crippen LogP contribution in [0.25, 0.3) is 11.2 Å². The fraction of sp³-hybridized carbons (Fsp3) is 0.444. The summed E-state index contributed by atoms with van der Waals surface area (Å²) in [6, 6.07) is 17.0. The summed E-state index contributed by atoms with van der Waals surface area (Å²) in [5.74, 6) is -0.827. The molecule has 1 saturated carbocycles. The number of benzene rings is 2. The zero-order chi connectivity index (χ0) is 38.4. The van der Waals surface area contributed by atoms with E-state index >= 15 is 0 Å². The van der Waals surface area contributed by atoms with Crippen LogP contribution in [-0.2, 0) is 14.8 Å². The van der Waals surface area contributed by atoms with Gasteiger partial charge in [-0.25, -0.2) is 32.5 Å². The SMILES string of the molecule is CCC(=O)N[C@H]1C[C@@H](n2cnc3c(NC(c4ccccc4)c4ccccc4)nc(C(=O)NCCNC(=O)NC4CCN(S(C)(=O)=O)CC4)nc32)[C@H](O)[C@@H]1O. The number of carbonyl (C=O) groups excluding carboxylic acids is 3. The molecule has 2 aliphatic rings. The highest BCUT2D eigenvalue weighted by molar-refractivity contribution is 7.88. The quantitative estimate of drug-likeness (QED) is 0.0952. The molecule has 1 aliphatic carbocycles. The molecule has 2 aromatic carbocycles. The zero-order valence-corrected chi connectivity index (χ0v) is 30.9. The average Bonchev–Trinajstić information content (AvgIpc) is 3.72. The summed E-state index contributed by atoms with van der Waals surface area (Å²) in [7, 11) is -3.28. The number of rotatable bonds is 13. The molecule has 2 fully saturated rings. The molecule has 0 radical (unpaired) electrons. The van der Waals surface area contributed by atoms with Crippen LogP contribution in [0.5, 0.6) is 0 Å². The van der Waals surface area contributed by atoms with Gasteiger partial charge in [0.1, 0.15) is 12.2 Å². The second-order valence-electron chi connectivity index (χ2n) is 13.5. The molecule has 4 atom stereocenters.